The first kappa shape index (κ1) is 17.5. The standard InChI is InChI=1S/C20H22O4/c1-5-7-13-9-15(19(21)17(11-13)23-3)16-10-14(8-6-2)12-18(24-4)20(16)22/h5-6,9-12,21-22H,1-2,7-8H2,3-4H3. The molecular weight excluding hydrogens is 304 g/mol. The molecule has 0 aliphatic carbocycles. The minimum absolute atomic E-state index is 0.0292. The van der Waals surface area contributed by atoms with Gasteiger partial charge in [0.1, 0.15) is 0 Å². The Balaban J connectivity index is 2.74. The molecule has 2 aromatic carbocycles. The average Bonchev–Trinajstić information content (AvgIpc) is 2.58. The molecule has 0 spiro atoms. The Labute approximate surface area is 142 Å². The van der Waals surface area contributed by atoms with E-state index in [0.717, 1.165) is 11.1 Å². The summed E-state index contributed by atoms with van der Waals surface area (Å²) in [5.41, 5.74) is 2.80. The zero-order valence-corrected chi connectivity index (χ0v) is 14.0. The monoisotopic (exact) mass is 326 g/mol. The van der Waals surface area contributed by atoms with Crippen molar-refractivity contribution in [3.8, 4) is 34.1 Å². The molecule has 0 saturated carbocycles. The number of phenols is 2. The summed E-state index contributed by atoms with van der Waals surface area (Å²) in [4.78, 5) is 0. The second-order valence-electron chi connectivity index (χ2n) is 5.37. The van der Waals surface area contributed by atoms with Crippen molar-refractivity contribution in [2.45, 2.75) is 12.8 Å². The number of rotatable bonds is 7. The van der Waals surface area contributed by atoms with Crippen LogP contribution in [0.2, 0.25) is 0 Å². The fraction of sp³-hybridized carbons (Fsp3) is 0.200. The van der Waals surface area contributed by atoms with Crippen molar-refractivity contribution in [2.24, 2.45) is 0 Å². The third-order valence-electron chi connectivity index (χ3n) is 3.76. The molecular formula is C20H22O4. The van der Waals surface area contributed by atoms with Crippen LogP contribution in [0.5, 0.6) is 23.0 Å². The molecule has 0 radical (unpaired) electrons. The van der Waals surface area contributed by atoms with E-state index in [1.165, 1.54) is 14.2 Å². The quantitative estimate of drug-likeness (QED) is 0.747. The molecule has 2 aromatic rings. The highest BCUT2D eigenvalue weighted by Gasteiger charge is 2.18. The molecule has 0 heterocycles. The molecule has 2 rings (SSSR count). The predicted molar refractivity (Wildman–Crippen MR) is 96.1 cm³/mol. The molecule has 0 bridgehead atoms. The maximum absolute atomic E-state index is 10.5. The van der Waals surface area contributed by atoms with Crippen LogP contribution in [-0.2, 0) is 12.8 Å². The van der Waals surface area contributed by atoms with Gasteiger partial charge in [0.05, 0.1) is 14.2 Å². The van der Waals surface area contributed by atoms with Crippen molar-refractivity contribution < 1.29 is 19.7 Å². The van der Waals surface area contributed by atoms with Crippen LogP contribution in [0.15, 0.2) is 49.6 Å². The Kier molecular flexibility index (Phi) is 5.53. The summed E-state index contributed by atoms with van der Waals surface area (Å²) in [6.45, 7) is 7.47. The van der Waals surface area contributed by atoms with E-state index in [1.54, 1.807) is 24.3 Å². The van der Waals surface area contributed by atoms with Gasteiger partial charge in [0.2, 0.25) is 0 Å². The molecule has 4 nitrogen and oxygen atoms in total. The lowest BCUT2D eigenvalue weighted by molar-refractivity contribution is 0.370. The summed E-state index contributed by atoms with van der Waals surface area (Å²) < 4.78 is 10.5. The zero-order valence-electron chi connectivity index (χ0n) is 14.0. The number of hydrogen-bond donors (Lipinski definition) is 2. The smallest absolute Gasteiger partial charge is 0.165 e. The van der Waals surface area contributed by atoms with E-state index in [-0.39, 0.29) is 11.5 Å². The first-order chi connectivity index (χ1) is 11.5. The number of methoxy groups -OCH3 is 2. The van der Waals surface area contributed by atoms with E-state index >= 15 is 0 Å². The van der Waals surface area contributed by atoms with Crippen molar-refractivity contribution in [1.82, 2.24) is 0 Å². The Morgan fingerprint density at radius 3 is 1.46 bits per heavy atom. The lowest BCUT2D eigenvalue weighted by atomic mass is 9.96. The van der Waals surface area contributed by atoms with Gasteiger partial charge in [0, 0.05) is 11.1 Å². The van der Waals surface area contributed by atoms with E-state index in [9.17, 15) is 10.2 Å². The molecule has 24 heavy (non-hydrogen) atoms. The van der Waals surface area contributed by atoms with E-state index in [4.69, 9.17) is 9.47 Å². The number of hydrogen-bond acceptors (Lipinski definition) is 4. The van der Waals surface area contributed by atoms with Crippen molar-refractivity contribution in [3.63, 3.8) is 0 Å². The second-order valence-corrected chi connectivity index (χ2v) is 5.37. The van der Waals surface area contributed by atoms with Gasteiger partial charge in [-0.15, -0.1) is 13.2 Å². The van der Waals surface area contributed by atoms with E-state index in [1.807, 2.05) is 12.1 Å². The van der Waals surface area contributed by atoms with E-state index in [2.05, 4.69) is 13.2 Å². The maximum atomic E-state index is 10.5. The number of allylic oxidation sites excluding steroid dienone is 2. The summed E-state index contributed by atoms with van der Waals surface area (Å²) in [6.07, 6.45) is 4.77. The van der Waals surface area contributed by atoms with Gasteiger partial charge in [-0.05, 0) is 48.2 Å². The van der Waals surface area contributed by atoms with Gasteiger partial charge in [0.25, 0.3) is 0 Å². The van der Waals surface area contributed by atoms with Crippen LogP contribution < -0.4 is 9.47 Å². The highest BCUT2D eigenvalue weighted by molar-refractivity contribution is 5.81. The normalized spacial score (nSPS) is 10.2. The van der Waals surface area contributed by atoms with Crippen LogP contribution in [0.4, 0.5) is 0 Å². The van der Waals surface area contributed by atoms with Gasteiger partial charge in [-0.1, -0.05) is 12.2 Å². The van der Waals surface area contributed by atoms with Gasteiger partial charge in [0.15, 0.2) is 23.0 Å². The third kappa shape index (κ3) is 3.38. The SMILES string of the molecule is C=CCc1cc(OC)c(O)c(-c2cc(CC=C)cc(OC)c2O)c1. The highest BCUT2D eigenvalue weighted by atomic mass is 16.5. The first-order valence-electron chi connectivity index (χ1n) is 7.57. The fourth-order valence-electron chi connectivity index (χ4n) is 2.62. The summed E-state index contributed by atoms with van der Waals surface area (Å²) in [5.74, 6) is 0.630. The molecule has 0 aliphatic rings. The summed E-state index contributed by atoms with van der Waals surface area (Å²) in [7, 11) is 2.98. The molecule has 0 unspecified atom stereocenters. The molecule has 0 atom stereocenters. The van der Waals surface area contributed by atoms with Gasteiger partial charge in [-0.3, -0.25) is 0 Å². The van der Waals surface area contributed by atoms with Crippen molar-refractivity contribution in [3.05, 3.63) is 60.7 Å². The predicted octanol–water partition coefficient (Wildman–Crippen LogP) is 4.24. The van der Waals surface area contributed by atoms with Gasteiger partial charge >= 0.3 is 0 Å². The minimum atomic E-state index is -0.0292. The fourth-order valence-corrected chi connectivity index (χ4v) is 2.62. The van der Waals surface area contributed by atoms with Crippen LogP contribution in [0.3, 0.4) is 0 Å². The van der Waals surface area contributed by atoms with Gasteiger partial charge in [-0.25, -0.2) is 0 Å². The van der Waals surface area contributed by atoms with Crippen LogP contribution in [0.25, 0.3) is 11.1 Å². The molecule has 0 saturated heterocycles. The van der Waals surface area contributed by atoms with Crippen LogP contribution in [0, 0.1) is 0 Å². The molecule has 0 aliphatic heterocycles. The van der Waals surface area contributed by atoms with Gasteiger partial charge < -0.3 is 19.7 Å². The number of benzene rings is 2. The summed E-state index contributed by atoms with van der Waals surface area (Å²) >= 11 is 0. The molecule has 126 valence electrons. The zero-order chi connectivity index (χ0) is 17.7. The van der Waals surface area contributed by atoms with Crippen LogP contribution in [-0.4, -0.2) is 24.4 Å². The average molecular weight is 326 g/mol. The van der Waals surface area contributed by atoms with Gasteiger partial charge in [-0.2, -0.15) is 0 Å². The summed E-state index contributed by atoms with van der Waals surface area (Å²) in [5, 5.41) is 21.0. The summed E-state index contributed by atoms with van der Waals surface area (Å²) in [6, 6.07) is 7.13. The Hall–Kier alpha value is -2.88. The molecule has 4 heteroatoms. The second kappa shape index (κ2) is 7.59. The largest absolute Gasteiger partial charge is 0.504 e. The van der Waals surface area contributed by atoms with Crippen LogP contribution in [0.1, 0.15) is 11.1 Å². The lowest BCUT2D eigenvalue weighted by Crippen LogP contribution is -1.94. The van der Waals surface area contributed by atoms with Crippen molar-refractivity contribution in [1.29, 1.82) is 0 Å². The topological polar surface area (TPSA) is 58.9 Å². The Morgan fingerprint density at radius 2 is 1.17 bits per heavy atom. The molecule has 2 N–H and O–H groups in total. The Morgan fingerprint density at radius 1 is 0.792 bits per heavy atom. The van der Waals surface area contributed by atoms with Crippen molar-refractivity contribution >= 4 is 0 Å². The van der Waals surface area contributed by atoms with Crippen molar-refractivity contribution in [2.75, 3.05) is 14.2 Å². The first-order valence-corrected chi connectivity index (χ1v) is 7.57. The highest BCUT2D eigenvalue weighted by Crippen LogP contribution is 2.45. The maximum Gasteiger partial charge on any atom is 0.165 e. The van der Waals surface area contributed by atoms with E-state index in [0.29, 0.717) is 35.5 Å². The molecule has 0 fully saturated rings. The molecule has 0 aromatic heterocycles. The minimum Gasteiger partial charge on any atom is -0.504 e. The van der Waals surface area contributed by atoms with Crippen LogP contribution >= 0.6 is 0 Å². The molecule has 0 amide bonds. The lowest BCUT2D eigenvalue weighted by Gasteiger charge is -2.16. The third-order valence-corrected chi connectivity index (χ3v) is 3.76. The number of phenolic OH excluding ortho intramolecular Hbond substituents is 2. The van der Waals surface area contributed by atoms with E-state index < -0.39 is 0 Å². The Bertz CT molecular complexity index is 697. The number of ether oxygens (including phenoxy) is 2. The number of aromatic hydroxyl groups is 2.